The SMILES string of the molecule is C=CC[C@H]1C[C@]23CCCC[C@@]2(O)[C@H]([C@H](C)O)O[C@@H]3c2cc(OC)c(OC)c(OC)c21. The lowest BCUT2D eigenvalue weighted by atomic mass is 9.52. The number of methoxy groups -OCH3 is 3. The van der Waals surface area contributed by atoms with Crippen LogP contribution in [0.5, 0.6) is 17.2 Å². The Balaban J connectivity index is 1.99. The first kappa shape index (κ1) is 21.5. The van der Waals surface area contributed by atoms with Crippen molar-refractivity contribution in [3.63, 3.8) is 0 Å². The molecule has 0 unspecified atom stereocenters. The van der Waals surface area contributed by atoms with Crippen LogP contribution in [0.25, 0.3) is 0 Å². The van der Waals surface area contributed by atoms with Crippen molar-refractivity contribution in [1.82, 2.24) is 0 Å². The number of rotatable bonds is 6. The van der Waals surface area contributed by atoms with Gasteiger partial charge >= 0.3 is 0 Å². The van der Waals surface area contributed by atoms with Gasteiger partial charge in [0.25, 0.3) is 0 Å². The molecule has 0 bridgehead atoms. The average Bonchev–Trinajstić information content (AvgIpc) is 3.01. The highest BCUT2D eigenvalue weighted by Gasteiger charge is 2.69. The first-order valence-electron chi connectivity index (χ1n) is 10.9. The molecule has 2 aliphatic carbocycles. The van der Waals surface area contributed by atoms with E-state index in [9.17, 15) is 10.2 Å². The Labute approximate surface area is 178 Å². The van der Waals surface area contributed by atoms with E-state index < -0.39 is 23.2 Å². The van der Waals surface area contributed by atoms with Gasteiger partial charge in [-0.05, 0) is 50.2 Å². The summed E-state index contributed by atoms with van der Waals surface area (Å²) in [6.07, 6.45) is 5.17. The van der Waals surface area contributed by atoms with E-state index in [4.69, 9.17) is 18.9 Å². The number of allylic oxidation sites excluding steroid dienone is 1. The molecule has 1 aromatic carbocycles. The molecule has 6 heteroatoms. The van der Waals surface area contributed by atoms with Crippen LogP contribution in [0.15, 0.2) is 18.7 Å². The molecule has 0 amide bonds. The summed E-state index contributed by atoms with van der Waals surface area (Å²) in [7, 11) is 4.85. The highest BCUT2D eigenvalue weighted by Crippen LogP contribution is 2.69. The molecule has 1 saturated heterocycles. The van der Waals surface area contributed by atoms with E-state index in [2.05, 4.69) is 6.58 Å². The van der Waals surface area contributed by atoms with Gasteiger partial charge in [0.15, 0.2) is 11.5 Å². The number of hydrogen-bond donors (Lipinski definition) is 2. The van der Waals surface area contributed by atoms with Crippen LogP contribution in [0.1, 0.15) is 68.6 Å². The summed E-state index contributed by atoms with van der Waals surface area (Å²) in [5, 5.41) is 22.5. The standard InChI is InChI=1S/C24H34O6/c1-6-9-15-13-23-10-7-8-11-24(23,26)21(14(2)25)30-22(23)16-12-17(27-3)19(28-4)20(29-5)18(15)16/h6,12,14-15,21-22,25-26H,1,7-11,13H2,2-5H3/t14-,15-,21-,22+,23-,24+/m0/s1. The van der Waals surface area contributed by atoms with Crippen molar-refractivity contribution >= 4 is 0 Å². The summed E-state index contributed by atoms with van der Waals surface area (Å²) in [4.78, 5) is 0. The molecule has 3 aliphatic rings. The van der Waals surface area contributed by atoms with Crippen molar-refractivity contribution in [2.45, 2.75) is 75.3 Å². The predicted molar refractivity (Wildman–Crippen MR) is 113 cm³/mol. The second-order valence-corrected chi connectivity index (χ2v) is 9.04. The number of aliphatic hydroxyl groups is 2. The van der Waals surface area contributed by atoms with Gasteiger partial charge < -0.3 is 29.2 Å². The molecule has 6 nitrogen and oxygen atoms in total. The van der Waals surface area contributed by atoms with Gasteiger partial charge in [-0.15, -0.1) is 6.58 Å². The van der Waals surface area contributed by atoms with Crippen molar-refractivity contribution in [2.75, 3.05) is 21.3 Å². The van der Waals surface area contributed by atoms with Gasteiger partial charge in [0.1, 0.15) is 11.7 Å². The Morgan fingerprint density at radius 3 is 2.50 bits per heavy atom. The van der Waals surface area contributed by atoms with Crippen LogP contribution in [-0.4, -0.2) is 49.4 Å². The first-order valence-corrected chi connectivity index (χ1v) is 10.9. The van der Waals surface area contributed by atoms with Crippen LogP contribution in [0, 0.1) is 5.41 Å². The third-order valence-corrected chi connectivity index (χ3v) is 7.64. The monoisotopic (exact) mass is 418 g/mol. The number of hydrogen-bond acceptors (Lipinski definition) is 6. The second-order valence-electron chi connectivity index (χ2n) is 9.04. The lowest BCUT2D eigenvalue weighted by Crippen LogP contribution is -2.57. The lowest BCUT2D eigenvalue weighted by molar-refractivity contribution is -0.140. The molecule has 2 N–H and O–H groups in total. The topological polar surface area (TPSA) is 77.4 Å². The Morgan fingerprint density at radius 2 is 1.90 bits per heavy atom. The van der Waals surface area contributed by atoms with Crippen LogP contribution >= 0.6 is 0 Å². The van der Waals surface area contributed by atoms with Crippen LogP contribution < -0.4 is 14.2 Å². The molecule has 4 rings (SSSR count). The Morgan fingerprint density at radius 1 is 1.20 bits per heavy atom. The van der Waals surface area contributed by atoms with Crippen molar-refractivity contribution in [3.8, 4) is 17.2 Å². The quantitative estimate of drug-likeness (QED) is 0.683. The largest absolute Gasteiger partial charge is 0.493 e. The van der Waals surface area contributed by atoms with Crippen LogP contribution in [0.4, 0.5) is 0 Å². The second kappa shape index (κ2) is 7.74. The van der Waals surface area contributed by atoms with Gasteiger partial charge in [-0.2, -0.15) is 0 Å². The third-order valence-electron chi connectivity index (χ3n) is 7.64. The van der Waals surface area contributed by atoms with Crippen molar-refractivity contribution in [1.29, 1.82) is 0 Å². The van der Waals surface area contributed by atoms with E-state index >= 15 is 0 Å². The summed E-state index contributed by atoms with van der Waals surface area (Å²) < 4.78 is 23.6. The zero-order valence-corrected chi connectivity index (χ0v) is 18.4. The molecule has 166 valence electrons. The van der Waals surface area contributed by atoms with Crippen LogP contribution in [0.2, 0.25) is 0 Å². The maximum absolute atomic E-state index is 12.0. The molecular formula is C24H34O6. The molecule has 0 radical (unpaired) electrons. The van der Waals surface area contributed by atoms with Crippen molar-refractivity contribution < 1.29 is 29.2 Å². The highest BCUT2D eigenvalue weighted by molar-refractivity contribution is 5.62. The van der Waals surface area contributed by atoms with E-state index in [-0.39, 0.29) is 12.0 Å². The smallest absolute Gasteiger partial charge is 0.203 e. The molecule has 2 fully saturated rings. The molecular weight excluding hydrogens is 384 g/mol. The Bertz CT molecular complexity index is 820. The van der Waals surface area contributed by atoms with Crippen LogP contribution in [0.3, 0.4) is 0 Å². The highest BCUT2D eigenvalue weighted by atomic mass is 16.5. The Hall–Kier alpha value is -1.76. The summed E-state index contributed by atoms with van der Waals surface area (Å²) in [5.74, 6) is 1.89. The predicted octanol–water partition coefficient (Wildman–Crippen LogP) is 3.89. The number of fused-ring (bicyclic) bond motifs is 2. The minimum Gasteiger partial charge on any atom is -0.493 e. The molecule has 30 heavy (non-hydrogen) atoms. The molecule has 0 aromatic heterocycles. The average molecular weight is 419 g/mol. The van der Waals surface area contributed by atoms with Crippen molar-refractivity contribution in [3.05, 3.63) is 29.8 Å². The molecule has 1 spiro atoms. The van der Waals surface area contributed by atoms with E-state index in [1.54, 1.807) is 28.3 Å². The third kappa shape index (κ3) is 2.73. The van der Waals surface area contributed by atoms with E-state index in [1.807, 2.05) is 12.1 Å². The minimum absolute atomic E-state index is 0.101. The van der Waals surface area contributed by atoms with Gasteiger partial charge in [-0.25, -0.2) is 0 Å². The number of ether oxygens (including phenoxy) is 4. The summed E-state index contributed by atoms with van der Waals surface area (Å²) >= 11 is 0. The van der Waals surface area contributed by atoms with Gasteiger partial charge in [0.2, 0.25) is 5.75 Å². The summed E-state index contributed by atoms with van der Waals surface area (Å²) in [6, 6.07) is 1.97. The van der Waals surface area contributed by atoms with Gasteiger partial charge in [0.05, 0.1) is 33.5 Å². The van der Waals surface area contributed by atoms with Crippen molar-refractivity contribution in [2.24, 2.45) is 5.41 Å². The van der Waals surface area contributed by atoms with E-state index in [1.165, 1.54) is 0 Å². The van der Waals surface area contributed by atoms with Gasteiger partial charge in [-0.3, -0.25) is 0 Å². The zero-order valence-electron chi connectivity index (χ0n) is 18.4. The van der Waals surface area contributed by atoms with E-state index in [0.29, 0.717) is 23.7 Å². The number of aliphatic hydroxyl groups excluding tert-OH is 1. The zero-order chi connectivity index (χ0) is 21.7. The van der Waals surface area contributed by atoms with E-state index in [0.717, 1.165) is 43.2 Å². The fourth-order valence-corrected chi connectivity index (χ4v) is 6.52. The maximum Gasteiger partial charge on any atom is 0.203 e. The number of benzene rings is 1. The summed E-state index contributed by atoms with van der Waals surface area (Å²) in [6.45, 7) is 5.68. The first-order chi connectivity index (χ1) is 14.4. The molecule has 1 aromatic rings. The minimum atomic E-state index is -1.07. The Kier molecular flexibility index (Phi) is 5.54. The van der Waals surface area contributed by atoms with Gasteiger partial charge in [0, 0.05) is 11.0 Å². The fraction of sp³-hybridized carbons (Fsp3) is 0.667. The molecule has 1 heterocycles. The molecule has 1 aliphatic heterocycles. The molecule has 6 atom stereocenters. The summed E-state index contributed by atoms with van der Waals surface area (Å²) in [5.41, 5.74) is 0.468. The maximum atomic E-state index is 12.0. The lowest BCUT2D eigenvalue weighted by Gasteiger charge is -2.53. The fourth-order valence-electron chi connectivity index (χ4n) is 6.52. The van der Waals surface area contributed by atoms with Crippen LogP contribution in [-0.2, 0) is 4.74 Å². The molecule has 1 saturated carbocycles. The van der Waals surface area contributed by atoms with Gasteiger partial charge in [-0.1, -0.05) is 18.9 Å². The normalized spacial score (nSPS) is 35.6.